The van der Waals surface area contributed by atoms with Crippen molar-refractivity contribution < 1.29 is 0 Å². The van der Waals surface area contributed by atoms with Crippen LogP contribution in [-0.2, 0) is 0 Å². The topological polar surface area (TPSA) is 4.93 Å². The highest BCUT2D eigenvalue weighted by molar-refractivity contribution is 6.82. The third-order valence-electron chi connectivity index (χ3n) is 3.95. The van der Waals surface area contributed by atoms with Crippen molar-refractivity contribution >= 4 is 31.4 Å². The van der Waals surface area contributed by atoms with Gasteiger partial charge in [0.1, 0.15) is 0 Å². The zero-order chi connectivity index (χ0) is 13.4. The predicted molar refractivity (Wildman–Crippen MR) is 80.9 cm³/mol. The Bertz CT molecular complexity index is 341. The summed E-state index contributed by atoms with van der Waals surface area (Å²) in [7, 11) is -1.67. The van der Waals surface area contributed by atoms with Crippen molar-refractivity contribution in [1.29, 1.82) is 0 Å². The van der Waals surface area contributed by atoms with Gasteiger partial charge in [0.15, 0.2) is 8.24 Å². The Balaban J connectivity index is 3.41. The summed E-state index contributed by atoms with van der Waals surface area (Å²) < 4.78 is 2.36. The molecule has 0 fully saturated rings. The van der Waals surface area contributed by atoms with Gasteiger partial charge >= 0.3 is 0 Å². The minimum Gasteiger partial charge on any atom is -0.377 e. The summed E-state index contributed by atoms with van der Waals surface area (Å²) in [5.41, 5.74) is 1.96. The van der Waals surface area contributed by atoms with Crippen LogP contribution in [0.4, 0.5) is 0 Å². The number of hydrogen-bond acceptors (Lipinski definition) is 0. The first-order valence-corrected chi connectivity index (χ1v) is 9.21. The second-order valence-corrected chi connectivity index (χ2v) is 12.3. The van der Waals surface area contributed by atoms with Crippen molar-refractivity contribution in [3.8, 4) is 0 Å². The number of nitrogens with zero attached hydrogens (tertiary/aromatic N) is 1. The molecule has 0 saturated heterocycles. The standard InChI is InChI=1S/C13H23Cl2NSi/c1-9(2)17(10(3)4,11(5)6)16-7-12(14)13(15)8-16/h7-11H,1-6H3. The Morgan fingerprint density at radius 3 is 1.35 bits per heavy atom. The molecule has 1 aromatic heterocycles. The first-order chi connectivity index (χ1) is 7.74. The molecule has 1 heterocycles. The lowest BCUT2D eigenvalue weighted by molar-refractivity contribution is 0.765. The van der Waals surface area contributed by atoms with Crippen LogP contribution in [0.1, 0.15) is 41.5 Å². The van der Waals surface area contributed by atoms with Crippen LogP contribution in [0.2, 0.25) is 26.7 Å². The lowest BCUT2D eigenvalue weighted by Crippen LogP contribution is -2.51. The average Bonchev–Trinajstić information content (AvgIpc) is 2.45. The van der Waals surface area contributed by atoms with Crippen LogP contribution in [0.15, 0.2) is 12.4 Å². The maximum absolute atomic E-state index is 6.12. The fourth-order valence-corrected chi connectivity index (χ4v) is 10.5. The summed E-state index contributed by atoms with van der Waals surface area (Å²) in [6.07, 6.45) is 4.05. The Labute approximate surface area is 116 Å². The molecule has 4 heteroatoms. The molecule has 0 atom stereocenters. The van der Waals surface area contributed by atoms with Gasteiger partial charge in [-0.25, -0.2) is 0 Å². The van der Waals surface area contributed by atoms with E-state index in [1.54, 1.807) is 0 Å². The molecule has 0 saturated carbocycles. The zero-order valence-electron chi connectivity index (χ0n) is 11.6. The maximum Gasteiger partial charge on any atom is 0.168 e. The van der Waals surface area contributed by atoms with Crippen LogP contribution in [0, 0.1) is 0 Å². The average molecular weight is 292 g/mol. The van der Waals surface area contributed by atoms with Crippen molar-refractivity contribution in [3.63, 3.8) is 0 Å². The van der Waals surface area contributed by atoms with E-state index in [4.69, 9.17) is 23.2 Å². The molecule has 0 aliphatic carbocycles. The number of rotatable bonds is 4. The minimum absolute atomic E-state index is 0.655. The molecule has 0 bridgehead atoms. The van der Waals surface area contributed by atoms with Gasteiger partial charge < -0.3 is 4.23 Å². The molecule has 0 N–H and O–H groups in total. The van der Waals surface area contributed by atoms with Crippen molar-refractivity contribution in [3.05, 3.63) is 22.4 Å². The summed E-state index contributed by atoms with van der Waals surface area (Å²) >= 11 is 12.2. The summed E-state index contributed by atoms with van der Waals surface area (Å²) in [5, 5.41) is 1.34. The van der Waals surface area contributed by atoms with Gasteiger partial charge in [0.2, 0.25) is 0 Å². The van der Waals surface area contributed by atoms with Crippen molar-refractivity contribution in [2.24, 2.45) is 0 Å². The van der Waals surface area contributed by atoms with E-state index in [1.165, 1.54) is 0 Å². The summed E-state index contributed by atoms with van der Waals surface area (Å²) in [6, 6.07) is 0. The first-order valence-electron chi connectivity index (χ1n) is 6.28. The smallest absolute Gasteiger partial charge is 0.168 e. The molecule has 98 valence electrons. The van der Waals surface area contributed by atoms with Crippen molar-refractivity contribution in [2.45, 2.75) is 58.2 Å². The van der Waals surface area contributed by atoms with Crippen molar-refractivity contribution in [2.75, 3.05) is 0 Å². The molecular formula is C13H23Cl2NSi. The van der Waals surface area contributed by atoms with E-state index in [2.05, 4.69) is 45.8 Å². The summed E-state index contributed by atoms with van der Waals surface area (Å²) in [4.78, 5) is 0. The van der Waals surface area contributed by atoms with Crippen LogP contribution in [0.25, 0.3) is 0 Å². The third-order valence-corrected chi connectivity index (χ3v) is 11.4. The molecular weight excluding hydrogens is 269 g/mol. The second-order valence-electron chi connectivity index (χ2n) is 5.71. The number of hydrogen-bond donors (Lipinski definition) is 0. The molecule has 0 amide bonds. The lowest BCUT2D eigenvalue weighted by atomic mass is 10.5. The van der Waals surface area contributed by atoms with Gasteiger partial charge in [-0.05, 0) is 16.6 Å². The quantitative estimate of drug-likeness (QED) is 0.616. The van der Waals surface area contributed by atoms with Crippen LogP contribution < -0.4 is 0 Å². The van der Waals surface area contributed by atoms with E-state index in [9.17, 15) is 0 Å². The molecule has 1 rings (SSSR count). The van der Waals surface area contributed by atoms with Crippen LogP contribution in [0.5, 0.6) is 0 Å². The van der Waals surface area contributed by atoms with E-state index in [0.29, 0.717) is 26.7 Å². The van der Waals surface area contributed by atoms with Gasteiger partial charge in [0.05, 0.1) is 10.0 Å². The number of aromatic nitrogens is 1. The Hall–Kier alpha value is 0.0769. The molecule has 0 unspecified atom stereocenters. The lowest BCUT2D eigenvalue weighted by Gasteiger charge is -2.44. The minimum atomic E-state index is -1.67. The van der Waals surface area contributed by atoms with Gasteiger partial charge in [-0.15, -0.1) is 0 Å². The van der Waals surface area contributed by atoms with Gasteiger partial charge in [0, 0.05) is 12.4 Å². The monoisotopic (exact) mass is 291 g/mol. The van der Waals surface area contributed by atoms with Crippen LogP contribution in [0.3, 0.4) is 0 Å². The van der Waals surface area contributed by atoms with Gasteiger partial charge in [-0.1, -0.05) is 64.7 Å². The summed E-state index contributed by atoms with van der Waals surface area (Å²) in [6.45, 7) is 14.0. The highest BCUT2D eigenvalue weighted by Gasteiger charge is 2.45. The Morgan fingerprint density at radius 2 is 1.12 bits per heavy atom. The predicted octanol–water partition coefficient (Wildman–Crippen LogP) is 5.82. The second kappa shape index (κ2) is 5.37. The zero-order valence-corrected chi connectivity index (χ0v) is 14.1. The first kappa shape index (κ1) is 15.1. The third kappa shape index (κ3) is 2.45. The van der Waals surface area contributed by atoms with E-state index >= 15 is 0 Å². The van der Waals surface area contributed by atoms with Gasteiger partial charge in [-0.3, -0.25) is 0 Å². The highest BCUT2D eigenvalue weighted by Crippen LogP contribution is 2.43. The molecule has 0 radical (unpaired) electrons. The fraction of sp³-hybridized carbons (Fsp3) is 0.692. The van der Waals surface area contributed by atoms with Gasteiger partial charge in [-0.2, -0.15) is 0 Å². The molecule has 0 spiro atoms. The highest BCUT2D eigenvalue weighted by atomic mass is 35.5. The molecule has 0 aliphatic rings. The van der Waals surface area contributed by atoms with Gasteiger partial charge in [0.25, 0.3) is 0 Å². The molecule has 17 heavy (non-hydrogen) atoms. The van der Waals surface area contributed by atoms with Crippen LogP contribution in [-0.4, -0.2) is 12.5 Å². The molecule has 0 aromatic carbocycles. The fourth-order valence-electron chi connectivity index (χ4n) is 3.52. The van der Waals surface area contributed by atoms with E-state index < -0.39 is 8.24 Å². The van der Waals surface area contributed by atoms with Crippen molar-refractivity contribution in [1.82, 2.24) is 4.23 Å². The molecule has 1 nitrogen and oxygen atoms in total. The van der Waals surface area contributed by atoms with E-state index in [-0.39, 0.29) is 0 Å². The molecule has 0 aliphatic heterocycles. The SMILES string of the molecule is CC(C)[Si](C(C)C)(C(C)C)n1cc(Cl)c(Cl)c1. The van der Waals surface area contributed by atoms with E-state index in [1.807, 2.05) is 12.4 Å². The maximum atomic E-state index is 6.12. The normalized spacial score (nSPS) is 13.1. The summed E-state index contributed by atoms with van der Waals surface area (Å²) in [5.74, 6) is 0. The van der Waals surface area contributed by atoms with E-state index in [0.717, 1.165) is 0 Å². The number of halogens is 2. The largest absolute Gasteiger partial charge is 0.377 e. The Kier molecular flexibility index (Phi) is 4.78. The Morgan fingerprint density at radius 1 is 0.824 bits per heavy atom. The molecule has 1 aromatic rings. The van der Waals surface area contributed by atoms with Crippen LogP contribution >= 0.6 is 23.2 Å².